The molecule has 6 nitrogen and oxygen atoms in total. The van der Waals surface area contributed by atoms with Gasteiger partial charge >= 0.3 is 0 Å². The Morgan fingerprint density at radius 2 is 1.86 bits per heavy atom. The highest BCUT2D eigenvalue weighted by atomic mass is 15.3. The summed E-state index contributed by atoms with van der Waals surface area (Å²) in [6.45, 7) is 8.84. The Kier molecular flexibility index (Phi) is 5.43. The van der Waals surface area contributed by atoms with E-state index in [0.29, 0.717) is 17.7 Å². The van der Waals surface area contributed by atoms with Crippen LogP contribution < -0.4 is 10.2 Å². The molecule has 6 heteroatoms. The molecule has 2 rings (SSSR count). The molecule has 2 aromatic heterocycles. The van der Waals surface area contributed by atoms with Gasteiger partial charge in [-0.3, -0.25) is 4.98 Å². The van der Waals surface area contributed by atoms with Gasteiger partial charge in [0.25, 0.3) is 0 Å². The average Bonchev–Trinajstić information content (AvgIpc) is 2.55. The van der Waals surface area contributed by atoms with E-state index < -0.39 is 0 Å². The lowest BCUT2D eigenvalue weighted by Gasteiger charge is -2.19. The molecule has 0 saturated heterocycles. The number of hydrogen-bond donors (Lipinski definition) is 1. The van der Waals surface area contributed by atoms with E-state index >= 15 is 0 Å². The zero-order valence-corrected chi connectivity index (χ0v) is 12.9. The molecule has 0 aliphatic carbocycles. The van der Waals surface area contributed by atoms with Crippen molar-refractivity contribution in [3.05, 3.63) is 24.4 Å². The highest BCUT2D eigenvalue weighted by Crippen LogP contribution is 2.17. The summed E-state index contributed by atoms with van der Waals surface area (Å²) in [6.07, 6.45) is 2.76. The second-order valence-corrected chi connectivity index (χ2v) is 4.60. The Morgan fingerprint density at radius 1 is 1.05 bits per heavy atom. The van der Waals surface area contributed by atoms with Gasteiger partial charge in [0.05, 0.1) is 0 Å². The summed E-state index contributed by atoms with van der Waals surface area (Å²) in [5, 5.41) is 3.23. The normalized spacial score (nSPS) is 10.4. The lowest BCUT2D eigenvalue weighted by atomic mass is 10.3. The predicted molar refractivity (Wildman–Crippen MR) is 85.4 cm³/mol. The molecule has 2 aromatic rings. The lowest BCUT2D eigenvalue weighted by molar-refractivity contribution is 0.811. The maximum absolute atomic E-state index is 4.55. The van der Waals surface area contributed by atoms with E-state index in [2.05, 4.69) is 50.9 Å². The molecule has 0 radical (unpaired) electrons. The molecule has 0 aromatic carbocycles. The third-order valence-corrected chi connectivity index (χ3v) is 3.10. The van der Waals surface area contributed by atoms with Gasteiger partial charge < -0.3 is 10.2 Å². The number of anilines is 2. The van der Waals surface area contributed by atoms with Crippen LogP contribution in [0.1, 0.15) is 27.2 Å². The first-order valence-electron chi connectivity index (χ1n) is 7.44. The fourth-order valence-corrected chi connectivity index (χ4v) is 1.94. The van der Waals surface area contributed by atoms with Crippen LogP contribution in [0.3, 0.4) is 0 Å². The van der Waals surface area contributed by atoms with Crippen molar-refractivity contribution < 1.29 is 0 Å². The summed E-state index contributed by atoms with van der Waals surface area (Å²) < 4.78 is 0. The van der Waals surface area contributed by atoms with Crippen LogP contribution in [0, 0.1) is 0 Å². The van der Waals surface area contributed by atoms with Crippen molar-refractivity contribution in [2.75, 3.05) is 29.9 Å². The van der Waals surface area contributed by atoms with Crippen LogP contribution in [0.2, 0.25) is 0 Å². The SMILES string of the molecule is CCCNc1nc(-c2ccccn2)nc(N(CC)CC)n1. The summed E-state index contributed by atoms with van der Waals surface area (Å²) in [5.74, 6) is 1.90. The minimum absolute atomic E-state index is 0.603. The maximum Gasteiger partial charge on any atom is 0.230 e. The molecule has 0 bridgehead atoms. The molecule has 0 saturated carbocycles. The highest BCUT2D eigenvalue weighted by Gasteiger charge is 2.12. The van der Waals surface area contributed by atoms with Gasteiger partial charge in [0.15, 0.2) is 5.82 Å². The van der Waals surface area contributed by atoms with Crippen molar-refractivity contribution in [1.82, 2.24) is 19.9 Å². The van der Waals surface area contributed by atoms with Crippen LogP contribution in [-0.2, 0) is 0 Å². The molecule has 0 spiro atoms. The van der Waals surface area contributed by atoms with Gasteiger partial charge in [0, 0.05) is 25.8 Å². The van der Waals surface area contributed by atoms with Crippen molar-refractivity contribution in [2.45, 2.75) is 27.2 Å². The second-order valence-electron chi connectivity index (χ2n) is 4.60. The Bertz CT molecular complexity index is 553. The zero-order valence-electron chi connectivity index (χ0n) is 12.9. The van der Waals surface area contributed by atoms with Crippen LogP contribution in [0.4, 0.5) is 11.9 Å². The van der Waals surface area contributed by atoms with Gasteiger partial charge in [-0.25, -0.2) is 0 Å². The first kappa shape index (κ1) is 15.2. The van der Waals surface area contributed by atoms with Gasteiger partial charge in [-0.2, -0.15) is 15.0 Å². The summed E-state index contributed by atoms with van der Waals surface area (Å²) in [6, 6.07) is 5.72. The van der Waals surface area contributed by atoms with Gasteiger partial charge in [-0.1, -0.05) is 13.0 Å². The number of rotatable bonds is 7. The lowest BCUT2D eigenvalue weighted by Crippen LogP contribution is -2.25. The summed E-state index contributed by atoms with van der Waals surface area (Å²) in [4.78, 5) is 20.0. The van der Waals surface area contributed by atoms with E-state index in [9.17, 15) is 0 Å². The highest BCUT2D eigenvalue weighted by molar-refractivity contribution is 5.53. The van der Waals surface area contributed by atoms with Gasteiger partial charge in [-0.15, -0.1) is 0 Å². The van der Waals surface area contributed by atoms with E-state index in [0.717, 1.165) is 31.7 Å². The first-order valence-corrected chi connectivity index (χ1v) is 7.44. The summed E-state index contributed by atoms with van der Waals surface area (Å²) >= 11 is 0. The molecule has 0 aliphatic rings. The second kappa shape index (κ2) is 7.52. The molecule has 0 amide bonds. The monoisotopic (exact) mass is 286 g/mol. The fraction of sp³-hybridized carbons (Fsp3) is 0.467. The third-order valence-electron chi connectivity index (χ3n) is 3.10. The molecule has 2 heterocycles. The van der Waals surface area contributed by atoms with E-state index in [1.165, 1.54) is 0 Å². The van der Waals surface area contributed by atoms with E-state index in [4.69, 9.17) is 0 Å². The van der Waals surface area contributed by atoms with Gasteiger partial charge in [0.1, 0.15) is 5.69 Å². The van der Waals surface area contributed by atoms with Crippen molar-refractivity contribution in [1.29, 1.82) is 0 Å². The van der Waals surface area contributed by atoms with Crippen LogP contribution >= 0.6 is 0 Å². The van der Waals surface area contributed by atoms with Gasteiger partial charge in [0.2, 0.25) is 11.9 Å². The standard InChI is InChI=1S/C15H22N6/c1-4-10-17-14-18-13(12-9-7-8-11-16-12)19-15(20-14)21(5-2)6-3/h7-9,11H,4-6,10H2,1-3H3,(H,17,18,19,20). The molecule has 0 atom stereocenters. The quantitative estimate of drug-likeness (QED) is 0.844. The van der Waals surface area contributed by atoms with Crippen LogP contribution in [0.15, 0.2) is 24.4 Å². The number of nitrogens with one attached hydrogen (secondary N) is 1. The number of pyridine rings is 1. The molecular weight excluding hydrogens is 264 g/mol. The summed E-state index contributed by atoms with van der Waals surface area (Å²) in [5.41, 5.74) is 0.757. The van der Waals surface area contributed by atoms with Crippen molar-refractivity contribution >= 4 is 11.9 Å². The van der Waals surface area contributed by atoms with E-state index in [1.54, 1.807) is 6.20 Å². The largest absolute Gasteiger partial charge is 0.354 e. The Labute approximate surface area is 125 Å². The third kappa shape index (κ3) is 3.87. The summed E-state index contributed by atoms with van der Waals surface area (Å²) in [7, 11) is 0. The number of nitrogens with zero attached hydrogens (tertiary/aromatic N) is 5. The topological polar surface area (TPSA) is 66.8 Å². The molecule has 21 heavy (non-hydrogen) atoms. The maximum atomic E-state index is 4.55. The molecule has 0 fully saturated rings. The Hall–Kier alpha value is -2.24. The van der Waals surface area contributed by atoms with Crippen molar-refractivity contribution in [2.24, 2.45) is 0 Å². The smallest absolute Gasteiger partial charge is 0.230 e. The van der Waals surface area contributed by atoms with Crippen molar-refractivity contribution in [3.63, 3.8) is 0 Å². The Balaban J connectivity index is 2.41. The first-order chi connectivity index (χ1) is 10.3. The molecule has 0 aliphatic heterocycles. The van der Waals surface area contributed by atoms with Crippen LogP contribution in [0.5, 0.6) is 0 Å². The molecule has 1 N–H and O–H groups in total. The van der Waals surface area contributed by atoms with E-state index in [1.807, 2.05) is 18.2 Å². The van der Waals surface area contributed by atoms with Crippen molar-refractivity contribution in [3.8, 4) is 11.5 Å². The van der Waals surface area contributed by atoms with Crippen LogP contribution in [-0.4, -0.2) is 39.6 Å². The number of aromatic nitrogens is 4. The molecule has 112 valence electrons. The van der Waals surface area contributed by atoms with Crippen LogP contribution in [0.25, 0.3) is 11.5 Å². The number of hydrogen-bond acceptors (Lipinski definition) is 6. The minimum atomic E-state index is 0.603. The van der Waals surface area contributed by atoms with E-state index in [-0.39, 0.29) is 0 Å². The molecule has 0 unspecified atom stereocenters. The average molecular weight is 286 g/mol. The molecular formula is C15H22N6. The Morgan fingerprint density at radius 3 is 2.48 bits per heavy atom. The van der Waals surface area contributed by atoms with Gasteiger partial charge in [-0.05, 0) is 32.4 Å². The zero-order chi connectivity index (χ0) is 15.1. The fourth-order valence-electron chi connectivity index (χ4n) is 1.94. The predicted octanol–water partition coefficient (Wildman–Crippen LogP) is 2.60. The minimum Gasteiger partial charge on any atom is -0.354 e.